The number of aliphatic hydroxyl groups is 1. The molecule has 0 saturated carbocycles. The Labute approximate surface area is 169 Å². The van der Waals surface area contributed by atoms with Gasteiger partial charge >= 0.3 is 0 Å². The van der Waals surface area contributed by atoms with Crippen LogP contribution in [-0.2, 0) is 6.42 Å². The second-order valence-electron chi connectivity index (χ2n) is 7.35. The van der Waals surface area contributed by atoms with Crippen LogP contribution in [0.3, 0.4) is 0 Å². The van der Waals surface area contributed by atoms with Crippen LogP contribution in [0.4, 0.5) is 21.8 Å². The van der Waals surface area contributed by atoms with Gasteiger partial charge in [0.1, 0.15) is 11.6 Å². The number of fused-ring (bicyclic) bond motifs is 1. The molecule has 1 aromatic heterocycles. The number of halogens is 1. The molecule has 4 N–H and O–H groups in total. The van der Waals surface area contributed by atoms with E-state index in [-0.39, 0.29) is 18.5 Å². The number of allylic oxidation sites excluding steroid dienone is 1. The molecule has 0 bridgehead atoms. The summed E-state index contributed by atoms with van der Waals surface area (Å²) < 4.78 is 21.5. The largest absolute Gasteiger partial charge is 0.492 e. The highest BCUT2D eigenvalue weighted by Gasteiger charge is 2.27. The quantitative estimate of drug-likeness (QED) is 0.615. The number of hydrogen-bond donors (Lipinski definition) is 4. The summed E-state index contributed by atoms with van der Waals surface area (Å²) in [4.78, 5) is 8.75. The average molecular weight is 399 g/mol. The molecule has 0 saturated heterocycles. The third-order valence-corrected chi connectivity index (χ3v) is 5.33. The van der Waals surface area contributed by atoms with Crippen molar-refractivity contribution < 1.29 is 14.2 Å². The molecule has 154 valence electrons. The molecule has 0 radical (unpaired) electrons. The Hall–Kier alpha value is -2.71. The minimum absolute atomic E-state index is 0.0164. The zero-order valence-electron chi connectivity index (χ0n) is 16.7. The van der Waals surface area contributed by atoms with Gasteiger partial charge in [-0.15, -0.1) is 0 Å². The number of aromatic nitrogens is 2. The molecular weight excluding hydrogens is 373 g/mol. The Balaban J connectivity index is 1.73. The predicted molar refractivity (Wildman–Crippen MR) is 111 cm³/mol. The molecule has 2 aromatic rings. The normalized spacial score (nSPS) is 18.5. The summed E-state index contributed by atoms with van der Waals surface area (Å²) in [7, 11) is 1.78. The van der Waals surface area contributed by atoms with Crippen molar-refractivity contribution in [2.45, 2.75) is 32.2 Å². The van der Waals surface area contributed by atoms with Gasteiger partial charge in [-0.05, 0) is 31.4 Å². The fraction of sp³-hybridized carbons (Fsp3) is 0.429. The molecule has 1 aromatic carbocycles. The molecule has 0 unspecified atom stereocenters. The van der Waals surface area contributed by atoms with Crippen LogP contribution >= 0.6 is 0 Å². The number of nitrogens with zero attached hydrogens (tertiary/aromatic N) is 2. The molecule has 29 heavy (non-hydrogen) atoms. The molecule has 0 spiro atoms. The number of rotatable bonds is 5. The topological polar surface area (TPSA) is 91.3 Å². The molecule has 0 fully saturated rings. The van der Waals surface area contributed by atoms with Crippen LogP contribution in [0.5, 0.6) is 5.75 Å². The van der Waals surface area contributed by atoms with Crippen molar-refractivity contribution in [2.24, 2.45) is 0 Å². The minimum Gasteiger partial charge on any atom is -0.492 e. The Kier molecular flexibility index (Phi) is 5.64. The summed E-state index contributed by atoms with van der Waals surface area (Å²) in [5.41, 5.74) is 3.50. The number of aryl methyl sites for hydroxylation is 1. The molecule has 2 aliphatic heterocycles. The highest BCUT2D eigenvalue weighted by Crippen LogP contribution is 2.42. The maximum atomic E-state index is 15.7. The van der Waals surface area contributed by atoms with E-state index in [1.807, 2.05) is 19.1 Å². The lowest BCUT2D eigenvalue weighted by Gasteiger charge is -2.17. The number of anilines is 3. The van der Waals surface area contributed by atoms with Gasteiger partial charge in [0.15, 0.2) is 5.82 Å². The van der Waals surface area contributed by atoms with Crippen LogP contribution in [0.25, 0.3) is 5.57 Å². The van der Waals surface area contributed by atoms with Crippen molar-refractivity contribution in [1.29, 1.82) is 0 Å². The lowest BCUT2D eigenvalue weighted by Crippen LogP contribution is -2.31. The Bertz CT molecular complexity index is 947. The van der Waals surface area contributed by atoms with Crippen molar-refractivity contribution in [1.82, 2.24) is 15.3 Å². The van der Waals surface area contributed by atoms with E-state index in [9.17, 15) is 5.11 Å². The number of nitrogens with one attached hydrogen (secondary N) is 3. The van der Waals surface area contributed by atoms with E-state index in [1.165, 1.54) is 0 Å². The summed E-state index contributed by atoms with van der Waals surface area (Å²) in [6.45, 7) is 3.06. The van der Waals surface area contributed by atoms with Gasteiger partial charge in [0, 0.05) is 43.4 Å². The first-order valence-corrected chi connectivity index (χ1v) is 9.91. The SMILES string of the molecule is CNc1cc(C)nc(Nc2cc3c(c(C4=CCN[C@@H](CO)CC4)c2F)OCC3)n1. The maximum absolute atomic E-state index is 15.7. The molecule has 0 amide bonds. The minimum atomic E-state index is -0.365. The van der Waals surface area contributed by atoms with Gasteiger partial charge < -0.3 is 25.8 Å². The predicted octanol–water partition coefficient (Wildman–Crippen LogP) is 2.77. The summed E-state index contributed by atoms with van der Waals surface area (Å²) in [6.07, 6.45) is 4.13. The van der Waals surface area contributed by atoms with E-state index in [0.29, 0.717) is 48.3 Å². The molecule has 0 aliphatic carbocycles. The number of aliphatic hydroxyl groups excluding tert-OH is 1. The lowest BCUT2D eigenvalue weighted by molar-refractivity contribution is 0.241. The fourth-order valence-electron chi connectivity index (χ4n) is 3.83. The Morgan fingerprint density at radius 1 is 1.31 bits per heavy atom. The number of benzene rings is 1. The number of ether oxygens (including phenoxy) is 1. The van der Waals surface area contributed by atoms with Gasteiger partial charge in [0.2, 0.25) is 5.95 Å². The zero-order chi connectivity index (χ0) is 20.4. The monoisotopic (exact) mass is 399 g/mol. The van der Waals surface area contributed by atoms with Crippen LogP contribution in [0.2, 0.25) is 0 Å². The second-order valence-corrected chi connectivity index (χ2v) is 7.35. The highest BCUT2D eigenvalue weighted by atomic mass is 19.1. The van der Waals surface area contributed by atoms with Gasteiger partial charge in [-0.2, -0.15) is 4.98 Å². The van der Waals surface area contributed by atoms with Gasteiger partial charge in [-0.25, -0.2) is 9.37 Å². The summed E-state index contributed by atoms with van der Waals surface area (Å²) >= 11 is 0. The van der Waals surface area contributed by atoms with Crippen molar-refractivity contribution in [3.63, 3.8) is 0 Å². The summed E-state index contributed by atoms with van der Waals surface area (Å²) in [5, 5.41) is 18.7. The molecular formula is C21H26FN5O2. The van der Waals surface area contributed by atoms with Crippen molar-refractivity contribution >= 4 is 23.0 Å². The van der Waals surface area contributed by atoms with Gasteiger partial charge in [0.05, 0.1) is 24.5 Å². The first-order chi connectivity index (χ1) is 14.1. The molecule has 3 heterocycles. The smallest absolute Gasteiger partial charge is 0.229 e. The van der Waals surface area contributed by atoms with Gasteiger partial charge in [0.25, 0.3) is 0 Å². The van der Waals surface area contributed by atoms with E-state index < -0.39 is 0 Å². The zero-order valence-corrected chi connectivity index (χ0v) is 16.7. The van der Waals surface area contributed by atoms with E-state index in [1.54, 1.807) is 13.1 Å². The first-order valence-electron chi connectivity index (χ1n) is 9.91. The molecule has 7 nitrogen and oxygen atoms in total. The van der Waals surface area contributed by atoms with Gasteiger partial charge in [-0.1, -0.05) is 6.08 Å². The second kappa shape index (κ2) is 8.34. The van der Waals surface area contributed by atoms with Crippen molar-refractivity contribution in [3.05, 3.63) is 40.8 Å². The van der Waals surface area contributed by atoms with E-state index in [2.05, 4.69) is 25.9 Å². The van der Waals surface area contributed by atoms with Crippen LogP contribution in [-0.4, -0.2) is 47.9 Å². The fourth-order valence-corrected chi connectivity index (χ4v) is 3.83. The van der Waals surface area contributed by atoms with E-state index in [0.717, 1.165) is 29.7 Å². The first kappa shape index (κ1) is 19.6. The van der Waals surface area contributed by atoms with Gasteiger partial charge in [-0.3, -0.25) is 0 Å². The van der Waals surface area contributed by atoms with Crippen LogP contribution in [0.1, 0.15) is 29.7 Å². The lowest BCUT2D eigenvalue weighted by atomic mass is 9.95. The third kappa shape index (κ3) is 4.04. The van der Waals surface area contributed by atoms with Crippen LogP contribution in [0, 0.1) is 12.7 Å². The van der Waals surface area contributed by atoms with E-state index >= 15 is 4.39 Å². The van der Waals surface area contributed by atoms with Crippen LogP contribution in [0.15, 0.2) is 18.2 Å². The standard InChI is InChI=1S/C21H26FN5O2/c1-12-9-17(23-2)27-21(25-12)26-16-10-14-6-8-29-20(14)18(19(16)22)13-3-4-15(11-28)24-7-5-13/h5,9-10,15,24,28H,3-4,6-8,11H2,1-2H3,(H2,23,25,26,27)/t15-/m1/s1. The van der Waals surface area contributed by atoms with Crippen LogP contribution < -0.4 is 20.7 Å². The molecule has 1 atom stereocenters. The highest BCUT2D eigenvalue weighted by molar-refractivity contribution is 5.78. The maximum Gasteiger partial charge on any atom is 0.229 e. The summed E-state index contributed by atoms with van der Waals surface area (Å²) in [5.74, 6) is 1.27. The third-order valence-electron chi connectivity index (χ3n) is 5.33. The molecule has 8 heteroatoms. The van der Waals surface area contributed by atoms with E-state index in [4.69, 9.17) is 4.74 Å². The van der Waals surface area contributed by atoms with Crippen molar-refractivity contribution in [2.75, 3.05) is 37.4 Å². The Morgan fingerprint density at radius 3 is 2.97 bits per heavy atom. The average Bonchev–Trinajstić information content (AvgIpc) is 3.04. The molecule has 2 aliphatic rings. The Morgan fingerprint density at radius 2 is 2.17 bits per heavy atom. The number of hydrogen-bond acceptors (Lipinski definition) is 7. The molecule has 4 rings (SSSR count). The van der Waals surface area contributed by atoms with Crippen molar-refractivity contribution in [3.8, 4) is 5.75 Å². The summed E-state index contributed by atoms with van der Waals surface area (Å²) in [6, 6.07) is 3.63.